The van der Waals surface area contributed by atoms with Gasteiger partial charge in [0.05, 0.1) is 5.41 Å². The minimum absolute atomic E-state index is 0.0903. The SMILES string of the molecule is O=C(N1CCC(NS(=O)(=O)c2cccs2)CC1)[C@@]12CCCC[C@H]1CNC2. The van der Waals surface area contributed by atoms with E-state index in [1.54, 1.807) is 17.5 Å². The van der Waals surface area contributed by atoms with Gasteiger partial charge in [-0.25, -0.2) is 13.1 Å². The monoisotopic (exact) mass is 397 g/mol. The van der Waals surface area contributed by atoms with Gasteiger partial charge in [0.15, 0.2) is 0 Å². The van der Waals surface area contributed by atoms with E-state index in [0.717, 1.165) is 32.4 Å². The van der Waals surface area contributed by atoms with Crippen molar-refractivity contribution in [3.63, 3.8) is 0 Å². The Labute approximate surface area is 159 Å². The first-order valence-electron chi connectivity index (χ1n) is 9.57. The number of rotatable bonds is 4. The number of nitrogens with one attached hydrogen (secondary N) is 2. The average molecular weight is 398 g/mol. The Hall–Kier alpha value is -0.960. The van der Waals surface area contributed by atoms with Gasteiger partial charge < -0.3 is 10.2 Å². The van der Waals surface area contributed by atoms with Gasteiger partial charge in [-0.15, -0.1) is 11.3 Å². The highest BCUT2D eigenvalue weighted by Gasteiger charge is 2.51. The Morgan fingerprint density at radius 1 is 1.27 bits per heavy atom. The summed E-state index contributed by atoms with van der Waals surface area (Å²) in [5, 5.41) is 5.21. The molecule has 1 aromatic heterocycles. The van der Waals surface area contributed by atoms with E-state index in [1.165, 1.54) is 17.8 Å². The van der Waals surface area contributed by atoms with Gasteiger partial charge in [0.2, 0.25) is 15.9 Å². The molecule has 0 spiro atoms. The number of nitrogens with zero attached hydrogens (tertiary/aromatic N) is 1. The van der Waals surface area contributed by atoms with Crippen LogP contribution >= 0.6 is 11.3 Å². The third-order valence-electron chi connectivity index (χ3n) is 6.33. The molecule has 3 fully saturated rings. The second-order valence-corrected chi connectivity index (χ2v) is 10.7. The maximum absolute atomic E-state index is 13.3. The number of thiophene rings is 1. The van der Waals surface area contributed by atoms with Crippen molar-refractivity contribution in [3.05, 3.63) is 17.5 Å². The molecule has 2 aliphatic heterocycles. The smallest absolute Gasteiger partial charge is 0.250 e. The molecule has 26 heavy (non-hydrogen) atoms. The number of fused-ring (bicyclic) bond motifs is 1. The van der Waals surface area contributed by atoms with E-state index in [-0.39, 0.29) is 11.5 Å². The Morgan fingerprint density at radius 3 is 2.81 bits per heavy atom. The molecular weight excluding hydrogens is 370 g/mol. The van der Waals surface area contributed by atoms with Crippen molar-refractivity contribution in [1.82, 2.24) is 14.9 Å². The average Bonchev–Trinajstić information content (AvgIpc) is 3.32. The lowest BCUT2D eigenvalue weighted by Gasteiger charge is -2.43. The zero-order valence-corrected chi connectivity index (χ0v) is 16.6. The van der Waals surface area contributed by atoms with Gasteiger partial charge in [-0.2, -0.15) is 0 Å². The third kappa shape index (κ3) is 3.32. The summed E-state index contributed by atoms with van der Waals surface area (Å²) in [5.41, 5.74) is -0.207. The fourth-order valence-electron chi connectivity index (χ4n) is 4.88. The highest BCUT2D eigenvalue weighted by Crippen LogP contribution is 2.45. The predicted octanol–water partition coefficient (Wildman–Crippen LogP) is 1.80. The molecule has 3 heterocycles. The molecule has 0 bridgehead atoms. The highest BCUT2D eigenvalue weighted by atomic mass is 32.2. The van der Waals surface area contributed by atoms with Crippen molar-refractivity contribution < 1.29 is 13.2 Å². The molecule has 1 aliphatic carbocycles. The molecule has 3 aliphatic rings. The number of carbonyl (C=O) groups is 1. The van der Waals surface area contributed by atoms with Crippen LogP contribution in [-0.2, 0) is 14.8 Å². The molecular formula is C18H27N3O3S2. The van der Waals surface area contributed by atoms with E-state index >= 15 is 0 Å². The summed E-state index contributed by atoms with van der Waals surface area (Å²) in [6, 6.07) is 3.28. The molecule has 1 amide bonds. The number of hydrogen-bond acceptors (Lipinski definition) is 5. The summed E-state index contributed by atoms with van der Waals surface area (Å²) in [6.45, 7) is 3.06. The maximum Gasteiger partial charge on any atom is 0.250 e. The molecule has 1 aromatic rings. The summed E-state index contributed by atoms with van der Waals surface area (Å²) in [4.78, 5) is 15.3. The van der Waals surface area contributed by atoms with Crippen LogP contribution < -0.4 is 10.0 Å². The number of piperidine rings is 1. The van der Waals surface area contributed by atoms with Gasteiger partial charge in [0, 0.05) is 25.7 Å². The van der Waals surface area contributed by atoms with Crippen molar-refractivity contribution in [3.8, 4) is 0 Å². The van der Waals surface area contributed by atoms with Crippen molar-refractivity contribution in [2.75, 3.05) is 26.2 Å². The molecule has 6 nitrogen and oxygen atoms in total. The second kappa shape index (κ2) is 7.22. The van der Waals surface area contributed by atoms with Crippen LogP contribution in [0.25, 0.3) is 0 Å². The second-order valence-electron chi connectivity index (χ2n) is 7.85. The van der Waals surface area contributed by atoms with E-state index < -0.39 is 10.0 Å². The largest absolute Gasteiger partial charge is 0.342 e. The van der Waals surface area contributed by atoms with Crippen molar-refractivity contribution in [1.29, 1.82) is 0 Å². The number of likely N-dealkylation sites (tertiary alicyclic amines) is 1. The molecule has 0 unspecified atom stereocenters. The number of amides is 1. The van der Waals surface area contributed by atoms with Gasteiger partial charge in [-0.3, -0.25) is 4.79 Å². The Bertz CT molecular complexity index is 742. The van der Waals surface area contributed by atoms with Crippen LogP contribution in [0.3, 0.4) is 0 Å². The third-order valence-corrected chi connectivity index (χ3v) is 9.25. The zero-order valence-electron chi connectivity index (χ0n) is 14.9. The molecule has 2 saturated heterocycles. The van der Waals surface area contributed by atoms with Gasteiger partial charge in [0.1, 0.15) is 4.21 Å². The van der Waals surface area contributed by atoms with Crippen molar-refractivity contribution in [2.45, 2.75) is 48.8 Å². The maximum atomic E-state index is 13.3. The van der Waals surface area contributed by atoms with Gasteiger partial charge >= 0.3 is 0 Å². The molecule has 0 radical (unpaired) electrons. The van der Waals surface area contributed by atoms with E-state index in [0.29, 0.717) is 42.0 Å². The summed E-state index contributed by atoms with van der Waals surface area (Å²) < 4.78 is 27.9. The summed E-state index contributed by atoms with van der Waals surface area (Å²) in [7, 11) is -3.44. The fourth-order valence-corrected chi connectivity index (χ4v) is 7.19. The van der Waals surface area contributed by atoms with Crippen LogP contribution in [0.5, 0.6) is 0 Å². The molecule has 2 atom stereocenters. The van der Waals surface area contributed by atoms with Crippen LogP contribution in [0, 0.1) is 11.3 Å². The Morgan fingerprint density at radius 2 is 2.08 bits per heavy atom. The van der Waals surface area contributed by atoms with Crippen LogP contribution in [0.1, 0.15) is 38.5 Å². The van der Waals surface area contributed by atoms with Crippen LogP contribution in [0.4, 0.5) is 0 Å². The molecule has 2 N–H and O–H groups in total. The summed E-state index contributed by atoms with van der Waals surface area (Å²) in [5.74, 6) is 0.769. The van der Waals surface area contributed by atoms with E-state index in [1.807, 2.05) is 4.90 Å². The van der Waals surface area contributed by atoms with Crippen LogP contribution in [0.15, 0.2) is 21.7 Å². The van der Waals surface area contributed by atoms with Crippen molar-refractivity contribution in [2.24, 2.45) is 11.3 Å². The van der Waals surface area contributed by atoms with E-state index in [2.05, 4.69) is 10.0 Å². The topological polar surface area (TPSA) is 78.5 Å². The highest BCUT2D eigenvalue weighted by molar-refractivity contribution is 7.91. The number of carbonyl (C=O) groups excluding carboxylic acids is 1. The van der Waals surface area contributed by atoms with Gasteiger partial charge in [-0.1, -0.05) is 18.9 Å². The first-order chi connectivity index (χ1) is 12.5. The van der Waals surface area contributed by atoms with Gasteiger partial charge in [-0.05, 0) is 49.6 Å². The van der Waals surface area contributed by atoms with Gasteiger partial charge in [0.25, 0.3) is 0 Å². The predicted molar refractivity (Wildman–Crippen MR) is 102 cm³/mol. The van der Waals surface area contributed by atoms with E-state index in [4.69, 9.17) is 0 Å². The summed E-state index contributed by atoms with van der Waals surface area (Å²) in [6.07, 6.45) is 5.88. The number of sulfonamides is 1. The standard InChI is InChI=1S/C18H27N3O3S2/c22-17(18-8-2-1-4-14(18)12-19-13-18)21-9-6-15(7-10-21)20-26(23,24)16-5-3-11-25-16/h3,5,11,14-15,19-20H,1-2,4,6-10,12-13H2/t14-,18+/m0/s1. The first-order valence-corrected chi connectivity index (χ1v) is 11.9. The molecule has 8 heteroatoms. The van der Waals surface area contributed by atoms with Crippen molar-refractivity contribution >= 4 is 27.3 Å². The minimum atomic E-state index is -3.44. The lowest BCUT2D eigenvalue weighted by molar-refractivity contribution is -0.146. The molecule has 144 valence electrons. The molecule has 1 saturated carbocycles. The lowest BCUT2D eigenvalue weighted by Crippen LogP contribution is -2.54. The summed E-state index contributed by atoms with van der Waals surface area (Å²) >= 11 is 1.23. The minimum Gasteiger partial charge on any atom is -0.342 e. The Kier molecular flexibility index (Phi) is 5.11. The normalized spacial score (nSPS) is 30.3. The lowest BCUT2D eigenvalue weighted by atomic mass is 9.67. The van der Waals surface area contributed by atoms with Crippen LogP contribution in [-0.4, -0.2) is 51.4 Å². The Balaban J connectivity index is 1.37. The van der Waals surface area contributed by atoms with Crippen LogP contribution in [0.2, 0.25) is 0 Å². The quantitative estimate of drug-likeness (QED) is 0.812. The first kappa shape index (κ1) is 18.4. The fraction of sp³-hybridized carbons (Fsp3) is 0.722. The molecule has 4 rings (SSSR count). The zero-order chi connectivity index (χ0) is 18.2. The van der Waals surface area contributed by atoms with E-state index in [9.17, 15) is 13.2 Å². The molecule has 0 aromatic carbocycles. The number of hydrogen-bond donors (Lipinski definition) is 2.